The van der Waals surface area contributed by atoms with Crippen LogP contribution in [0.25, 0.3) is 22.1 Å². The van der Waals surface area contributed by atoms with Crippen LogP contribution in [0.2, 0.25) is 0 Å². The Labute approximate surface area is 206 Å². The van der Waals surface area contributed by atoms with Crippen molar-refractivity contribution in [1.29, 1.82) is 0 Å². The first-order chi connectivity index (χ1) is 16.7. The molecule has 0 radical (unpaired) electrons. The molecule has 0 spiro atoms. The number of fused-ring (bicyclic) bond motifs is 3. The second kappa shape index (κ2) is 10.1. The van der Waals surface area contributed by atoms with E-state index < -0.39 is 10.0 Å². The highest BCUT2D eigenvalue weighted by molar-refractivity contribution is 7.99. The summed E-state index contributed by atoms with van der Waals surface area (Å²) in [4.78, 5) is 20.1. The summed E-state index contributed by atoms with van der Waals surface area (Å²) in [6.07, 6.45) is 0. The molecule has 0 saturated heterocycles. The third kappa shape index (κ3) is 5.47. The Morgan fingerprint density at radius 2 is 1.86 bits per heavy atom. The molecule has 2 heterocycles. The lowest BCUT2D eigenvalue weighted by atomic mass is 10.2. The van der Waals surface area contributed by atoms with E-state index in [0.717, 1.165) is 11.8 Å². The highest BCUT2D eigenvalue weighted by atomic mass is 32.2. The number of anilines is 1. The van der Waals surface area contributed by atoms with Crippen molar-refractivity contribution in [1.82, 2.24) is 24.9 Å². The molecule has 13 heteroatoms. The fourth-order valence-corrected chi connectivity index (χ4v) is 5.25. The van der Waals surface area contributed by atoms with Gasteiger partial charge in [-0.1, -0.05) is 11.8 Å². The van der Waals surface area contributed by atoms with Gasteiger partial charge in [0.15, 0.2) is 17.1 Å². The van der Waals surface area contributed by atoms with Crippen LogP contribution in [0.1, 0.15) is 13.8 Å². The minimum Gasteiger partial charge on any atom is -0.493 e. The number of ether oxygens (including phenoxy) is 2. The monoisotopic (exact) mass is 516 g/mol. The highest BCUT2D eigenvalue weighted by Gasteiger charge is 2.18. The Balaban J connectivity index is 1.49. The van der Waals surface area contributed by atoms with E-state index in [0.29, 0.717) is 44.4 Å². The second-order valence-electron chi connectivity index (χ2n) is 7.81. The van der Waals surface area contributed by atoms with Crippen molar-refractivity contribution in [3.63, 3.8) is 0 Å². The zero-order valence-corrected chi connectivity index (χ0v) is 21.1. The number of benzene rings is 2. The van der Waals surface area contributed by atoms with Crippen molar-refractivity contribution < 1.29 is 22.7 Å². The minimum absolute atomic E-state index is 0.0605. The molecule has 0 atom stereocenters. The first-order valence-corrected chi connectivity index (χ1v) is 13.0. The summed E-state index contributed by atoms with van der Waals surface area (Å²) in [7, 11) is -0.597. The molecule has 0 saturated carbocycles. The van der Waals surface area contributed by atoms with Gasteiger partial charge in [0.25, 0.3) is 0 Å². The largest absolute Gasteiger partial charge is 0.493 e. The normalized spacial score (nSPS) is 11.8. The number of amides is 1. The van der Waals surface area contributed by atoms with Gasteiger partial charge in [-0.05, 0) is 44.2 Å². The van der Waals surface area contributed by atoms with Gasteiger partial charge in [0, 0.05) is 28.7 Å². The molecule has 35 heavy (non-hydrogen) atoms. The lowest BCUT2D eigenvalue weighted by molar-refractivity contribution is -0.113. The molecule has 4 aromatic rings. The first-order valence-electron chi connectivity index (χ1n) is 10.5. The Hall–Kier alpha value is -3.42. The minimum atomic E-state index is -3.65. The molecule has 0 aliphatic carbocycles. The summed E-state index contributed by atoms with van der Waals surface area (Å²) in [5.74, 6) is 0.873. The van der Waals surface area contributed by atoms with E-state index >= 15 is 0 Å². The number of hydrogen-bond donors (Lipinski definition) is 3. The molecular formula is C22H24N6O5S2. The fourth-order valence-electron chi connectivity index (χ4n) is 3.38. The van der Waals surface area contributed by atoms with Gasteiger partial charge in [0.1, 0.15) is 5.52 Å². The molecule has 0 bridgehead atoms. The quantitative estimate of drug-likeness (QED) is 0.286. The third-order valence-corrected chi connectivity index (χ3v) is 7.36. The van der Waals surface area contributed by atoms with Crippen molar-refractivity contribution in [2.75, 3.05) is 25.3 Å². The summed E-state index contributed by atoms with van der Waals surface area (Å²) >= 11 is 1.13. The number of H-pyrrole nitrogens is 1. The standard InChI is InChI=1S/C22H24N6O5S2/c1-12(2)28-35(30,31)14-6-7-16-15(10-14)20-21(24-16)25-22(27-26-20)34-11-19(29)23-13-5-8-17(32-3)18(9-13)33-4/h5-10,12,28H,11H2,1-4H3,(H,23,29)(H,24,25,27). The van der Waals surface area contributed by atoms with Gasteiger partial charge in [-0.3, -0.25) is 4.79 Å². The van der Waals surface area contributed by atoms with Gasteiger partial charge in [-0.2, -0.15) is 0 Å². The Morgan fingerprint density at radius 1 is 1.09 bits per heavy atom. The summed E-state index contributed by atoms with van der Waals surface area (Å²) in [5.41, 5.74) is 2.14. The summed E-state index contributed by atoms with van der Waals surface area (Å²) in [5, 5.41) is 12.0. The number of carbonyl (C=O) groups is 1. The van der Waals surface area contributed by atoms with Crippen LogP contribution in [0.5, 0.6) is 11.5 Å². The number of aromatic nitrogens is 4. The van der Waals surface area contributed by atoms with Crippen LogP contribution in [-0.4, -0.2) is 60.5 Å². The van der Waals surface area contributed by atoms with Crippen molar-refractivity contribution in [3.05, 3.63) is 36.4 Å². The zero-order valence-electron chi connectivity index (χ0n) is 19.4. The van der Waals surface area contributed by atoms with Crippen molar-refractivity contribution >= 4 is 55.4 Å². The molecule has 0 fully saturated rings. The van der Waals surface area contributed by atoms with Crippen LogP contribution >= 0.6 is 11.8 Å². The van der Waals surface area contributed by atoms with E-state index in [9.17, 15) is 13.2 Å². The summed E-state index contributed by atoms with van der Waals surface area (Å²) in [6, 6.07) is 9.57. The lowest BCUT2D eigenvalue weighted by Crippen LogP contribution is -2.30. The summed E-state index contributed by atoms with van der Waals surface area (Å²) < 4.78 is 38.0. The third-order valence-electron chi connectivity index (χ3n) is 4.87. The van der Waals surface area contributed by atoms with Crippen LogP contribution in [0, 0.1) is 0 Å². The van der Waals surface area contributed by atoms with Gasteiger partial charge in [-0.25, -0.2) is 18.1 Å². The van der Waals surface area contributed by atoms with Gasteiger partial charge in [0.2, 0.25) is 21.1 Å². The molecule has 3 N–H and O–H groups in total. The molecule has 2 aromatic heterocycles. The number of thioether (sulfide) groups is 1. The van der Waals surface area contributed by atoms with Gasteiger partial charge >= 0.3 is 0 Å². The smallest absolute Gasteiger partial charge is 0.240 e. The topological polar surface area (TPSA) is 148 Å². The number of nitrogens with zero attached hydrogens (tertiary/aromatic N) is 3. The number of sulfonamides is 1. The predicted molar refractivity (Wildman–Crippen MR) is 134 cm³/mol. The molecule has 184 valence electrons. The Bertz CT molecular complexity index is 1500. The van der Waals surface area contributed by atoms with Crippen molar-refractivity contribution in [2.24, 2.45) is 0 Å². The fraction of sp³-hybridized carbons (Fsp3) is 0.273. The van der Waals surface area contributed by atoms with Crippen LogP contribution in [0.4, 0.5) is 5.69 Å². The maximum atomic E-state index is 12.5. The number of aromatic amines is 1. The van der Waals surface area contributed by atoms with Crippen molar-refractivity contribution in [3.8, 4) is 11.5 Å². The van der Waals surface area contributed by atoms with E-state index in [2.05, 4.69) is 30.2 Å². The maximum Gasteiger partial charge on any atom is 0.240 e. The SMILES string of the molecule is COc1ccc(NC(=O)CSc2nnc3c(n2)[nH]c2ccc(S(=O)(=O)NC(C)C)cc23)cc1OC. The average molecular weight is 517 g/mol. The highest BCUT2D eigenvalue weighted by Crippen LogP contribution is 2.30. The van der Waals surface area contributed by atoms with Gasteiger partial charge in [0.05, 0.1) is 24.9 Å². The maximum absolute atomic E-state index is 12.5. The number of methoxy groups -OCH3 is 2. The first kappa shape index (κ1) is 24.7. The Morgan fingerprint density at radius 3 is 2.57 bits per heavy atom. The predicted octanol–water partition coefficient (Wildman–Crippen LogP) is 2.94. The molecule has 0 unspecified atom stereocenters. The number of nitrogens with one attached hydrogen (secondary N) is 3. The van der Waals surface area contributed by atoms with E-state index in [4.69, 9.17) is 9.47 Å². The molecule has 0 aliphatic rings. The number of hydrogen-bond acceptors (Lipinski definition) is 9. The van der Waals surface area contributed by atoms with E-state index in [1.54, 1.807) is 44.2 Å². The molecule has 2 aromatic carbocycles. The van der Waals surface area contributed by atoms with Crippen molar-refractivity contribution in [2.45, 2.75) is 29.9 Å². The zero-order chi connectivity index (χ0) is 25.2. The molecule has 0 aliphatic heterocycles. The van der Waals surface area contributed by atoms with Gasteiger partial charge in [-0.15, -0.1) is 10.2 Å². The number of carbonyl (C=O) groups excluding carboxylic acids is 1. The van der Waals surface area contributed by atoms with Crippen LogP contribution < -0.4 is 19.5 Å². The molecule has 11 nitrogen and oxygen atoms in total. The molecule has 4 rings (SSSR count). The van der Waals surface area contributed by atoms with E-state index in [1.807, 2.05) is 0 Å². The average Bonchev–Trinajstić information content (AvgIpc) is 3.19. The van der Waals surface area contributed by atoms with Crippen LogP contribution in [0.3, 0.4) is 0 Å². The van der Waals surface area contributed by atoms with Crippen LogP contribution in [0.15, 0.2) is 46.5 Å². The van der Waals surface area contributed by atoms with E-state index in [1.165, 1.54) is 20.3 Å². The molecular weight excluding hydrogens is 492 g/mol. The second-order valence-corrected chi connectivity index (χ2v) is 10.5. The van der Waals surface area contributed by atoms with Gasteiger partial charge < -0.3 is 19.8 Å². The van der Waals surface area contributed by atoms with E-state index in [-0.39, 0.29) is 22.6 Å². The molecule has 1 amide bonds. The Kier molecular flexibility index (Phi) is 7.10. The number of rotatable bonds is 9. The lowest BCUT2D eigenvalue weighted by Gasteiger charge is -2.10. The summed E-state index contributed by atoms with van der Waals surface area (Å²) in [6.45, 7) is 3.51. The van der Waals surface area contributed by atoms with Crippen LogP contribution in [-0.2, 0) is 14.8 Å².